The Balaban J connectivity index is 1.70. The lowest BCUT2D eigenvalue weighted by molar-refractivity contribution is -0.117. The Morgan fingerprint density at radius 1 is 1.06 bits per heavy atom. The second kappa shape index (κ2) is 7.69. The second-order valence-corrected chi connectivity index (χ2v) is 9.92. The maximum atomic E-state index is 13.4. The summed E-state index contributed by atoms with van der Waals surface area (Å²) in [5, 5.41) is 13.1. The third-order valence-electron chi connectivity index (χ3n) is 5.75. The van der Waals surface area contributed by atoms with Gasteiger partial charge in [0.05, 0.1) is 26.7 Å². The van der Waals surface area contributed by atoms with Gasteiger partial charge in [-0.2, -0.15) is 0 Å². The number of aliphatic hydroxyl groups excluding tert-OH is 1. The molecule has 0 fully saturated rings. The van der Waals surface area contributed by atoms with Gasteiger partial charge in [0.25, 0.3) is 5.91 Å². The predicted octanol–water partition coefficient (Wildman–Crippen LogP) is 6.07. The van der Waals surface area contributed by atoms with Crippen LogP contribution in [0.1, 0.15) is 38.0 Å². The minimum absolute atomic E-state index is 0.0923. The molecule has 3 heterocycles. The molecule has 4 aromatic rings. The lowest BCUT2D eigenvalue weighted by atomic mass is 9.94. The van der Waals surface area contributed by atoms with Crippen LogP contribution in [0, 0.1) is 20.8 Å². The van der Waals surface area contributed by atoms with Gasteiger partial charge in [-0.1, -0.05) is 47.2 Å². The molecule has 0 saturated carbocycles. The van der Waals surface area contributed by atoms with Crippen molar-refractivity contribution in [1.29, 1.82) is 0 Å². The molecule has 0 spiro atoms. The van der Waals surface area contributed by atoms with Crippen LogP contribution in [0.15, 0.2) is 65.2 Å². The number of aryl methyl sites for hydroxylation is 3. The van der Waals surface area contributed by atoms with Crippen LogP contribution in [0.2, 0.25) is 0 Å². The molecule has 2 aromatic carbocycles. The zero-order chi connectivity index (χ0) is 22.6. The van der Waals surface area contributed by atoms with E-state index in [0.717, 1.165) is 32.5 Å². The highest BCUT2D eigenvalue weighted by molar-refractivity contribution is 7.22. The van der Waals surface area contributed by atoms with Gasteiger partial charge < -0.3 is 5.11 Å². The Kier molecular flexibility index (Phi) is 4.95. The van der Waals surface area contributed by atoms with E-state index in [1.807, 2.05) is 51.1 Å². The van der Waals surface area contributed by atoms with Gasteiger partial charge in [-0.3, -0.25) is 14.5 Å². The number of aromatic nitrogens is 1. The van der Waals surface area contributed by atoms with Crippen LogP contribution in [0.5, 0.6) is 0 Å². The van der Waals surface area contributed by atoms with E-state index in [2.05, 4.69) is 6.07 Å². The first-order valence-corrected chi connectivity index (χ1v) is 11.8. The number of fused-ring (bicyclic) bond motifs is 1. The van der Waals surface area contributed by atoms with Crippen molar-refractivity contribution >= 4 is 49.7 Å². The van der Waals surface area contributed by atoms with E-state index in [1.165, 1.54) is 27.6 Å². The molecule has 1 aliphatic heterocycles. The fourth-order valence-electron chi connectivity index (χ4n) is 4.00. The number of thiophene rings is 1. The maximum Gasteiger partial charge on any atom is 0.296 e. The van der Waals surface area contributed by atoms with Crippen LogP contribution >= 0.6 is 22.7 Å². The summed E-state index contributed by atoms with van der Waals surface area (Å²) in [6, 6.07) is 14.4. The van der Waals surface area contributed by atoms with Crippen molar-refractivity contribution in [2.75, 3.05) is 4.90 Å². The van der Waals surface area contributed by atoms with Crippen LogP contribution in [0.4, 0.5) is 5.13 Å². The molecule has 0 saturated heterocycles. The summed E-state index contributed by atoms with van der Waals surface area (Å²) in [5.41, 5.74) is 4.90. The molecule has 1 atom stereocenters. The number of rotatable bonds is 4. The van der Waals surface area contributed by atoms with E-state index in [1.54, 1.807) is 17.5 Å². The number of carbonyl (C=O) groups is 2. The molecular formula is C25H20N2O3S2. The third kappa shape index (κ3) is 3.25. The smallest absolute Gasteiger partial charge is 0.296 e. The van der Waals surface area contributed by atoms with Crippen LogP contribution in [0.3, 0.4) is 0 Å². The number of nitrogens with zero attached hydrogens (tertiary/aromatic N) is 2. The summed E-state index contributed by atoms with van der Waals surface area (Å²) in [6.07, 6.45) is 0. The van der Waals surface area contributed by atoms with E-state index in [0.29, 0.717) is 10.0 Å². The van der Waals surface area contributed by atoms with Crippen molar-refractivity contribution in [2.45, 2.75) is 26.8 Å². The predicted molar refractivity (Wildman–Crippen MR) is 129 cm³/mol. The van der Waals surface area contributed by atoms with Gasteiger partial charge >= 0.3 is 0 Å². The number of amides is 1. The minimum atomic E-state index is -0.750. The molecule has 1 aliphatic rings. The molecule has 32 heavy (non-hydrogen) atoms. The first kappa shape index (κ1) is 20.6. The number of hydrogen-bond donors (Lipinski definition) is 1. The fraction of sp³-hybridized carbons (Fsp3) is 0.160. The molecule has 7 heteroatoms. The number of carbonyl (C=O) groups excluding carboxylic acids is 2. The van der Waals surface area contributed by atoms with Gasteiger partial charge in [-0.25, -0.2) is 4.98 Å². The van der Waals surface area contributed by atoms with E-state index < -0.39 is 17.7 Å². The van der Waals surface area contributed by atoms with Gasteiger partial charge in [0.15, 0.2) is 10.9 Å². The number of anilines is 1. The molecule has 0 bridgehead atoms. The highest BCUT2D eigenvalue weighted by Gasteiger charge is 2.46. The Bertz CT molecular complexity index is 1380. The molecule has 1 amide bonds. The van der Waals surface area contributed by atoms with Crippen molar-refractivity contribution < 1.29 is 14.7 Å². The van der Waals surface area contributed by atoms with E-state index >= 15 is 0 Å². The van der Waals surface area contributed by atoms with Gasteiger partial charge in [-0.15, -0.1) is 11.3 Å². The first-order chi connectivity index (χ1) is 15.3. The van der Waals surface area contributed by atoms with Crippen molar-refractivity contribution in [2.24, 2.45) is 0 Å². The van der Waals surface area contributed by atoms with Gasteiger partial charge in [0, 0.05) is 0 Å². The Morgan fingerprint density at radius 2 is 1.84 bits per heavy atom. The van der Waals surface area contributed by atoms with Crippen molar-refractivity contribution in [3.63, 3.8) is 0 Å². The Hall–Kier alpha value is -3.29. The summed E-state index contributed by atoms with van der Waals surface area (Å²) in [4.78, 5) is 33.3. The number of benzene rings is 2. The largest absolute Gasteiger partial charge is 0.503 e. The summed E-state index contributed by atoms with van der Waals surface area (Å²) in [5.74, 6) is -1.46. The van der Waals surface area contributed by atoms with E-state index in [4.69, 9.17) is 4.98 Å². The summed E-state index contributed by atoms with van der Waals surface area (Å²) >= 11 is 2.67. The molecule has 1 N–H and O–H groups in total. The Labute approximate surface area is 193 Å². The standard InChI is InChI=1S/C25H20N2O3S2/c1-13-6-4-7-16(10-13)21-20(22(28)18-8-5-9-31-18)23(29)24(30)27(21)25-26-17-11-14(2)15(3)12-19(17)32-25/h4-12,21,29H,1-3H3. The van der Waals surface area contributed by atoms with Gasteiger partial charge in [0.2, 0.25) is 5.78 Å². The molecule has 5 rings (SSSR count). The molecule has 0 radical (unpaired) electrons. The van der Waals surface area contributed by atoms with Crippen LogP contribution in [0.25, 0.3) is 10.2 Å². The SMILES string of the molecule is Cc1cccc(C2C(C(=O)c3cccs3)=C(O)C(=O)N2c2nc3cc(C)c(C)cc3s2)c1. The zero-order valence-corrected chi connectivity index (χ0v) is 19.4. The molecule has 1 unspecified atom stereocenters. The second-order valence-electron chi connectivity index (χ2n) is 7.96. The third-order valence-corrected chi connectivity index (χ3v) is 7.64. The first-order valence-electron chi connectivity index (χ1n) is 10.1. The van der Waals surface area contributed by atoms with Crippen LogP contribution in [-0.2, 0) is 4.79 Å². The maximum absolute atomic E-state index is 13.4. The van der Waals surface area contributed by atoms with Crippen LogP contribution in [-0.4, -0.2) is 21.8 Å². The van der Waals surface area contributed by atoms with Gasteiger partial charge in [-0.05, 0) is 61.0 Å². The Morgan fingerprint density at radius 3 is 2.56 bits per heavy atom. The highest BCUT2D eigenvalue weighted by atomic mass is 32.1. The summed E-state index contributed by atoms with van der Waals surface area (Å²) in [7, 11) is 0. The number of ketones is 1. The number of hydrogen-bond acceptors (Lipinski definition) is 6. The zero-order valence-electron chi connectivity index (χ0n) is 17.7. The van der Waals surface area contributed by atoms with E-state index in [-0.39, 0.29) is 11.4 Å². The molecular weight excluding hydrogens is 440 g/mol. The summed E-state index contributed by atoms with van der Waals surface area (Å²) in [6.45, 7) is 6.02. The topological polar surface area (TPSA) is 70.5 Å². The average molecular weight is 461 g/mol. The fourth-order valence-corrected chi connectivity index (χ4v) is 5.75. The molecule has 2 aromatic heterocycles. The van der Waals surface area contributed by atoms with Gasteiger partial charge in [0.1, 0.15) is 0 Å². The number of thiazole rings is 1. The monoisotopic (exact) mass is 460 g/mol. The van der Waals surface area contributed by atoms with Crippen LogP contribution < -0.4 is 4.90 Å². The quantitative estimate of drug-likeness (QED) is 0.376. The number of Topliss-reactive ketones (excluding diaryl/α,β-unsaturated/α-hetero) is 1. The molecule has 0 aliphatic carbocycles. The van der Waals surface area contributed by atoms with E-state index in [9.17, 15) is 14.7 Å². The van der Waals surface area contributed by atoms with Crippen molar-refractivity contribution in [3.05, 3.63) is 92.4 Å². The highest BCUT2D eigenvalue weighted by Crippen LogP contribution is 2.44. The minimum Gasteiger partial charge on any atom is -0.503 e. The normalized spacial score (nSPS) is 16.4. The number of aliphatic hydroxyl groups is 1. The van der Waals surface area contributed by atoms with Crippen molar-refractivity contribution in [1.82, 2.24) is 4.98 Å². The van der Waals surface area contributed by atoms with Crippen molar-refractivity contribution in [3.8, 4) is 0 Å². The molecule has 5 nitrogen and oxygen atoms in total. The lowest BCUT2D eigenvalue weighted by Gasteiger charge is -2.24. The summed E-state index contributed by atoms with van der Waals surface area (Å²) < 4.78 is 0.955. The lowest BCUT2D eigenvalue weighted by Crippen LogP contribution is -2.31. The average Bonchev–Trinajstić information content (AvgIpc) is 3.48. The molecule has 160 valence electrons.